The van der Waals surface area contributed by atoms with Gasteiger partial charge in [-0.1, -0.05) is 13.8 Å². The summed E-state index contributed by atoms with van der Waals surface area (Å²) in [4.78, 5) is 15.0. The van der Waals surface area contributed by atoms with Gasteiger partial charge >= 0.3 is 0 Å². The number of aromatic nitrogens is 2. The van der Waals surface area contributed by atoms with Gasteiger partial charge in [0, 0.05) is 43.8 Å². The van der Waals surface area contributed by atoms with Gasteiger partial charge in [-0.25, -0.2) is 0 Å². The highest BCUT2D eigenvalue weighted by molar-refractivity contribution is 5.89. The fraction of sp³-hybridized carbons (Fsp3) is 0.722. The number of nitrogens with two attached hydrogens (primary N) is 1. The SMILES string of the molecule is CCOC1CC(N)(C(=O)N2CCC(Nc3cccnn3)CC2)C1(C)C. The van der Waals surface area contributed by atoms with E-state index in [1.807, 2.05) is 37.8 Å². The van der Waals surface area contributed by atoms with E-state index in [0.29, 0.717) is 32.2 Å². The van der Waals surface area contributed by atoms with Gasteiger partial charge in [0.1, 0.15) is 11.4 Å². The lowest BCUT2D eigenvalue weighted by Crippen LogP contribution is -2.76. The zero-order chi connectivity index (χ0) is 18.1. The third-order valence-electron chi connectivity index (χ3n) is 5.92. The maximum atomic E-state index is 13.0. The number of hydrogen-bond acceptors (Lipinski definition) is 6. The molecule has 7 nitrogen and oxygen atoms in total. The molecule has 1 amide bonds. The summed E-state index contributed by atoms with van der Waals surface area (Å²) in [6.45, 7) is 8.13. The fourth-order valence-corrected chi connectivity index (χ4v) is 3.89. The summed E-state index contributed by atoms with van der Waals surface area (Å²) in [5.74, 6) is 0.841. The summed E-state index contributed by atoms with van der Waals surface area (Å²) in [5, 5.41) is 11.3. The monoisotopic (exact) mass is 347 g/mol. The van der Waals surface area contributed by atoms with Crippen molar-refractivity contribution >= 4 is 11.7 Å². The first kappa shape index (κ1) is 18.1. The molecule has 0 radical (unpaired) electrons. The largest absolute Gasteiger partial charge is 0.378 e. The van der Waals surface area contributed by atoms with Gasteiger partial charge in [-0.2, -0.15) is 5.10 Å². The van der Waals surface area contributed by atoms with Crippen LogP contribution in [0.2, 0.25) is 0 Å². The third kappa shape index (κ3) is 3.22. The summed E-state index contributed by atoms with van der Waals surface area (Å²) in [5.41, 5.74) is 5.37. The molecule has 0 aromatic carbocycles. The molecule has 1 aromatic rings. The van der Waals surface area contributed by atoms with Crippen molar-refractivity contribution in [3.05, 3.63) is 18.3 Å². The van der Waals surface area contributed by atoms with Crippen LogP contribution in [0.15, 0.2) is 18.3 Å². The molecule has 2 unspecified atom stereocenters. The molecule has 138 valence electrons. The van der Waals surface area contributed by atoms with E-state index in [4.69, 9.17) is 10.5 Å². The van der Waals surface area contributed by atoms with Gasteiger partial charge in [-0.05, 0) is 31.9 Å². The Kier molecular flexibility index (Phi) is 4.97. The van der Waals surface area contributed by atoms with Crippen molar-refractivity contribution in [2.45, 2.75) is 57.7 Å². The first-order chi connectivity index (χ1) is 11.9. The number of piperidine rings is 1. The number of carbonyl (C=O) groups is 1. The standard InChI is InChI=1S/C18H29N5O2/c1-4-25-14-12-18(19,17(14,2)3)16(24)23-10-7-13(8-11-23)21-15-6-5-9-20-22-15/h5-6,9,13-14H,4,7-8,10-12,19H2,1-3H3,(H,21,22). The Morgan fingerprint density at radius 3 is 2.72 bits per heavy atom. The predicted molar refractivity (Wildman–Crippen MR) is 96.0 cm³/mol. The van der Waals surface area contributed by atoms with Crippen LogP contribution in [0.4, 0.5) is 5.82 Å². The predicted octanol–water partition coefficient (Wildman–Crippen LogP) is 1.41. The van der Waals surface area contributed by atoms with Crippen LogP contribution >= 0.6 is 0 Å². The normalized spacial score (nSPS) is 29.1. The molecule has 3 N–H and O–H groups in total. The molecule has 0 bridgehead atoms. The summed E-state index contributed by atoms with van der Waals surface area (Å²) in [6.07, 6.45) is 4.08. The maximum Gasteiger partial charge on any atom is 0.243 e. The van der Waals surface area contributed by atoms with Gasteiger partial charge in [0.2, 0.25) is 5.91 Å². The summed E-state index contributed by atoms with van der Waals surface area (Å²) >= 11 is 0. The lowest BCUT2D eigenvalue weighted by Gasteiger charge is -2.59. The van der Waals surface area contributed by atoms with E-state index in [0.717, 1.165) is 18.7 Å². The Morgan fingerprint density at radius 2 is 2.16 bits per heavy atom. The van der Waals surface area contributed by atoms with Gasteiger partial charge in [-0.15, -0.1) is 5.10 Å². The van der Waals surface area contributed by atoms with Crippen molar-refractivity contribution in [2.24, 2.45) is 11.1 Å². The Labute approximate surface area is 149 Å². The Bertz CT molecular complexity index is 601. The van der Waals surface area contributed by atoms with Crippen molar-refractivity contribution in [2.75, 3.05) is 25.0 Å². The highest BCUT2D eigenvalue weighted by Gasteiger charge is 2.63. The number of nitrogens with zero attached hydrogens (tertiary/aromatic N) is 3. The summed E-state index contributed by atoms with van der Waals surface area (Å²) < 4.78 is 5.74. The first-order valence-corrected chi connectivity index (χ1v) is 9.12. The molecule has 1 saturated carbocycles. The Balaban J connectivity index is 1.55. The van der Waals surface area contributed by atoms with Gasteiger partial charge in [0.15, 0.2) is 0 Å². The topological polar surface area (TPSA) is 93.4 Å². The average molecular weight is 347 g/mol. The molecule has 1 aliphatic heterocycles. The smallest absolute Gasteiger partial charge is 0.243 e. The molecule has 3 rings (SSSR count). The van der Waals surface area contributed by atoms with Crippen molar-refractivity contribution in [3.8, 4) is 0 Å². The molecule has 2 fully saturated rings. The van der Waals surface area contributed by atoms with Crippen LogP contribution in [0.5, 0.6) is 0 Å². The van der Waals surface area contributed by atoms with Crippen molar-refractivity contribution < 1.29 is 9.53 Å². The number of ether oxygens (including phenoxy) is 1. The third-order valence-corrected chi connectivity index (χ3v) is 5.92. The second kappa shape index (κ2) is 6.88. The van der Waals surface area contributed by atoms with E-state index < -0.39 is 5.54 Å². The van der Waals surface area contributed by atoms with Crippen molar-refractivity contribution in [3.63, 3.8) is 0 Å². The number of likely N-dealkylation sites (tertiary alicyclic amines) is 1. The Hall–Kier alpha value is -1.73. The minimum atomic E-state index is -0.821. The first-order valence-electron chi connectivity index (χ1n) is 9.12. The lowest BCUT2D eigenvalue weighted by molar-refractivity contribution is -0.180. The van der Waals surface area contributed by atoms with Crippen molar-refractivity contribution in [1.82, 2.24) is 15.1 Å². The van der Waals surface area contributed by atoms with E-state index in [-0.39, 0.29) is 17.4 Å². The van der Waals surface area contributed by atoms with Crippen LogP contribution in [0.25, 0.3) is 0 Å². The van der Waals surface area contributed by atoms with Crippen LogP contribution in [-0.2, 0) is 9.53 Å². The summed E-state index contributed by atoms with van der Waals surface area (Å²) in [7, 11) is 0. The number of nitrogens with one attached hydrogen (secondary N) is 1. The lowest BCUT2D eigenvalue weighted by atomic mass is 9.54. The average Bonchev–Trinajstić information content (AvgIpc) is 2.62. The molecule has 7 heteroatoms. The van der Waals surface area contributed by atoms with E-state index in [1.165, 1.54) is 0 Å². The highest BCUT2D eigenvalue weighted by atomic mass is 16.5. The highest BCUT2D eigenvalue weighted by Crippen LogP contribution is 2.50. The van der Waals surface area contributed by atoms with E-state index >= 15 is 0 Å². The van der Waals surface area contributed by atoms with Gasteiger partial charge in [0.25, 0.3) is 0 Å². The number of rotatable bonds is 5. The Morgan fingerprint density at radius 1 is 1.44 bits per heavy atom. The number of anilines is 1. The number of amides is 1. The van der Waals surface area contributed by atoms with E-state index in [2.05, 4.69) is 15.5 Å². The van der Waals surface area contributed by atoms with Gasteiger partial charge < -0.3 is 20.7 Å². The molecular weight excluding hydrogens is 318 g/mol. The maximum absolute atomic E-state index is 13.0. The number of hydrogen-bond donors (Lipinski definition) is 2. The zero-order valence-electron chi connectivity index (χ0n) is 15.4. The second-order valence-corrected chi connectivity index (χ2v) is 7.66. The molecule has 2 aliphatic rings. The fourth-order valence-electron chi connectivity index (χ4n) is 3.89. The zero-order valence-corrected chi connectivity index (χ0v) is 15.4. The molecule has 1 aromatic heterocycles. The van der Waals surface area contributed by atoms with Crippen LogP contribution in [0, 0.1) is 5.41 Å². The van der Waals surface area contributed by atoms with Crippen molar-refractivity contribution in [1.29, 1.82) is 0 Å². The molecule has 25 heavy (non-hydrogen) atoms. The molecule has 0 spiro atoms. The van der Waals surface area contributed by atoms with Crippen LogP contribution in [0.3, 0.4) is 0 Å². The molecular formula is C18H29N5O2. The van der Waals surface area contributed by atoms with E-state index in [9.17, 15) is 4.79 Å². The molecule has 2 heterocycles. The van der Waals surface area contributed by atoms with Crippen LogP contribution < -0.4 is 11.1 Å². The molecule has 1 aliphatic carbocycles. The minimum Gasteiger partial charge on any atom is -0.378 e. The second-order valence-electron chi connectivity index (χ2n) is 7.66. The van der Waals surface area contributed by atoms with Gasteiger partial charge in [-0.3, -0.25) is 4.79 Å². The molecule has 2 atom stereocenters. The van der Waals surface area contributed by atoms with Crippen LogP contribution in [0.1, 0.15) is 40.0 Å². The quantitative estimate of drug-likeness (QED) is 0.836. The minimum absolute atomic E-state index is 0.0577. The van der Waals surface area contributed by atoms with Gasteiger partial charge in [0.05, 0.1) is 6.10 Å². The summed E-state index contributed by atoms with van der Waals surface area (Å²) in [6, 6.07) is 4.07. The molecule has 1 saturated heterocycles. The number of carbonyl (C=O) groups excluding carboxylic acids is 1. The van der Waals surface area contributed by atoms with Crippen LogP contribution in [-0.4, -0.2) is 58.4 Å². The van der Waals surface area contributed by atoms with E-state index in [1.54, 1.807) is 6.20 Å².